The van der Waals surface area contributed by atoms with Crippen molar-refractivity contribution in [2.45, 2.75) is 39.7 Å². The van der Waals surface area contributed by atoms with Gasteiger partial charge in [0.1, 0.15) is 12.4 Å². The number of hydrogen-bond acceptors (Lipinski definition) is 3. The average Bonchev–Trinajstić information content (AvgIpc) is 2.76. The van der Waals surface area contributed by atoms with Crippen LogP contribution in [0.2, 0.25) is 0 Å². The fourth-order valence-electron chi connectivity index (χ4n) is 3.95. The second-order valence-electron chi connectivity index (χ2n) is 8.19. The van der Waals surface area contributed by atoms with Crippen LogP contribution in [0.3, 0.4) is 0 Å². The summed E-state index contributed by atoms with van der Waals surface area (Å²) in [4.78, 5) is 30.4. The summed E-state index contributed by atoms with van der Waals surface area (Å²) in [5.74, 6) is 0.777. The van der Waals surface area contributed by atoms with Crippen LogP contribution in [-0.2, 0) is 0 Å². The summed E-state index contributed by atoms with van der Waals surface area (Å²) >= 11 is 3.53. The molecule has 0 aliphatic carbocycles. The van der Waals surface area contributed by atoms with Crippen LogP contribution in [0.25, 0.3) is 0 Å². The first-order valence-corrected chi connectivity index (χ1v) is 11.8. The number of halogens is 1. The number of ether oxygens (including phenoxy) is 1. The number of nitrogens with zero attached hydrogens (tertiary/aromatic N) is 2. The predicted octanol–water partition coefficient (Wildman–Crippen LogP) is 5.25. The fourth-order valence-corrected chi connectivity index (χ4v) is 4.41. The van der Waals surface area contributed by atoms with E-state index in [1.807, 2.05) is 65.3 Å². The first kappa shape index (κ1) is 23.3. The van der Waals surface area contributed by atoms with E-state index in [9.17, 15) is 9.59 Å². The highest BCUT2D eigenvalue weighted by molar-refractivity contribution is 9.10. The van der Waals surface area contributed by atoms with E-state index in [1.54, 1.807) is 0 Å². The first-order valence-electron chi connectivity index (χ1n) is 11.0. The molecule has 0 saturated heterocycles. The molecular formula is C25H31BrN2O3. The molecule has 0 aromatic heterocycles. The Morgan fingerprint density at radius 2 is 1.77 bits per heavy atom. The lowest BCUT2D eigenvalue weighted by Gasteiger charge is -2.35. The zero-order valence-electron chi connectivity index (χ0n) is 18.5. The molecule has 1 aliphatic rings. The van der Waals surface area contributed by atoms with Crippen molar-refractivity contribution in [3.8, 4) is 5.75 Å². The Balaban J connectivity index is 1.96. The van der Waals surface area contributed by atoms with Crippen molar-refractivity contribution in [2.75, 3.05) is 26.2 Å². The molecule has 0 N–H and O–H groups in total. The van der Waals surface area contributed by atoms with Crippen molar-refractivity contribution in [2.24, 2.45) is 5.92 Å². The molecule has 1 heterocycles. The normalized spacial score (nSPS) is 18.1. The van der Waals surface area contributed by atoms with Gasteiger partial charge in [0, 0.05) is 24.1 Å². The Hall–Kier alpha value is -2.34. The maximum atomic E-state index is 13.5. The van der Waals surface area contributed by atoms with E-state index >= 15 is 0 Å². The number of hydrogen-bond donors (Lipinski definition) is 0. The molecule has 0 radical (unpaired) electrons. The topological polar surface area (TPSA) is 49.9 Å². The van der Waals surface area contributed by atoms with Crippen molar-refractivity contribution in [3.63, 3.8) is 0 Å². The molecule has 2 amide bonds. The summed E-state index contributed by atoms with van der Waals surface area (Å²) in [6.45, 7) is 8.47. The van der Waals surface area contributed by atoms with E-state index in [4.69, 9.17) is 4.74 Å². The van der Waals surface area contributed by atoms with E-state index in [1.165, 1.54) is 0 Å². The van der Waals surface area contributed by atoms with Crippen LogP contribution in [0.4, 0.5) is 0 Å². The summed E-state index contributed by atoms with van der Waals surface area (Å²) in [7, 11) is 0. The highest BCUT2D eigenvalue weighted by atomic mass is 79.9. The fraction of sp³-hybridized carbons (Fsp3) is 0.440. The molecule has 5 nitrogen and oxygen atoms in total. The quantitative estimate of drug-likeness (QED) is 0.594. The molecule has 0 unspecified atom stereocenters. The number of fused-ring (bicyclic) bond motifs is 1. The molecule has 1 atom stereocenters. The Labute approximate surface area is 193 Å². The second-order valence-corrected chi connectivity index (χ2v) is 9.04. The molecule has 2 aromatic carbocycles. The molecule has 0 saturated carbocycles. The molecular weight excluding hydrogens is 456 g/mol. The van der Waals surface area contributed by atoms with Crippen LogP contribution in [0.5, 0.6) is 5.75 Å². The number of carbonyl (C=O) groups is 2. The van der Waals surface area contributed by atoms with Crippen LogP contribution in [0.15, 0.2) is 53.0 Å². The molecule has 1 aliphatic heterocycles. The molecule has 0 bridgehead atoms. The van der Waals surface area contributed by atoms with Crippen molar-refractivity contribution >= 4 is 27.7 Å². The van der Waals surface area contributed by atoms with Crippen molar-refractivity contribution in [1.82, 2.24) is 9.80 Å². The van der Waals surface area contributed by atoms with E-state index in [0.29, 0.717) is 43.1 Å². The van der Waals surface area contributed by atoms with Gasteiger partial charge < -0.3 is 14.5 Å². The third-order valence-electron chi connectivity index (χ3n) is 5.81. The molecule has 2 aromatic rings. The number of para-hydroxylation sites is 1. The highest BCUT2D eigenvalue weighted by Gasteiger charge is 2.30. The van der Waals surface area contributed by atoms with E-state index in [-0.39, 0.29) is 23.8 Å². The van der Waals surface area contributed by atoms with E-state index < -0.39 is 0 Å². The van der Waals surface area contributed by atoms with Crippen LogP contribution in [-0.4, -0.2) is 53.9 Å². The van der Waals surface area contributed by atoms with Gasteiger partial charge in [-0.05, 0) is 65.9 Å². The van der Waals surface area contributed by atoms with Crippen molar-refractivity contribution in [3.05, 3.63) is 64.1 Å². The van der Waals surface area contributed by atoms with Crippen LogP contribution < -0.4 is 4.74 Å². The Morgan fingerprint density at radius 3 is 2.48 bits per heavy atom. The zero-order chi connectivity index (χ0) is 22.4. The van der Waals surface area contributed by atoms with Gasteiger partial charge in [-0.1, -0.05) is 38.1 Å². The second kappa shape index (κ2) is 10.8. The van der Waals surface area contributed by atoms with Gasteiger partial charge in [0.25, 0.3) is 11.8 Å². The SMILES string of the molecule is CCN1CCCCN(C(=O)c2ccccc2Br)[C@@H](C(C)C)COc2ccccc2C1=O. The molecule has 3 rings (SSSR count). The van der Waals surface area contributed by atoms with Gasteiger partial charge >= 0.3 is 0 Å². The molecule has 0 spiro atoms. The lowest BCUT2D eigenvalue weighted by molar-refractivity contribution is 0.0511. The molecule has 166 valence electrons. The summed E-state index contributed by atoms with van der Waals surface area (Å²) in [6.07, 6.45) is 1.66. The van der Waals surface area contributed by atoms with Gasteiger partial charge in [-0.2, -0.15) is 0 Å². The van der Waals surface area contributed by atoms with Crippen molar-refractivity contribution < 1.29 is 14.3 Å². The standard InChI is InChI=1S/C25H31BrN2O3/c1-4-27-15-9-10-16-28(25(30)19-11-5-7-13-21(19)26)22(18(2)3)17-31-23-14-8-6-12-20(23)24(27)29/h5-8,11-14,18,22H,4,9-10,15-17H2,1-3H3/t22-/m1/s1. The third-order valence-corrected chi connectivity index (χ3v) is 6.50. The third kappa shape index (κ3) is 5.48. The Bertz CT molecular complexity index is 915. The zero-order valence-corrected chi connectivity index (χ0v) is 20.1. The van der Waals surface area contributed by atoms with Crippen molar-refractivity contribution in [1.29, 1.82) is 0 Å². The van der Waals surface area contributed by atoms with Gasteiger partial charge in [-0.15, -0.1) is 0 Å². The minimum atomic E-state index is -0.107. The maximum Gasteiger partial charge on any atom is 0.257 e. The predicted molar refractivity (Wildman–Crippen MR) is 127 cm³/mol. The first-order chi connectivity index (χ1) is 14.9. The average molecular weight is 487 g/mol. The summed E-state index contributed by atoms with van der Waals surface area (Å²) in [5.41, 5.74) is 1.24. The van der Waals surface area contributed by atoms with Gasteiger partial charge in [0.05, 0.1) is 17.2 Å². The van der Waals surface area contributed by atoms with E-state index in [0.717, 1.165) is 17.3 Å². The lowest BCUT2D eigenvalue weighted by atomic mass is 10.0. The summed E-state index contributed by atoms with van der Waals surface area (Å²) in [6, 6.07) is 14.8. The minimum absolute atomic E-state index is 0.000851. The number of benzene rings is 2. The Kier molecular flexibility index (Phi) is 8.13. The van der Waals surface area contributed by atoms with Gasteiger partial charge in [0.2, 0.25) is 0 Å². The lowest BCUT2D eigenvalue weighted by Crippen LogP contribution is -2.47. The van der Waals surface area contributed by atoms with Gasteiger partial charge in [-0.25, -0.2) is 0 Å². The monoisotopic (exact) mass is 486 g/mol. The summed E-state index contributed by atoms with van der Waals surface area (Å²) < 4.78 is 6.99. The van der Waals surface area contributed by atoms with Crippen LogP contribution >= 0.6 is 15.9 Å². The van der Waals surface area contributed by atoms with E-state index in [2.05, 4.69) is 29.8 Å². The molecule has 0 fully saturated rings. The largest absolute Gasteiger partial charge is 0.491 e. The molecule has 6 heteroatoms. The van der Waals surface area contributed by atoms with Gasteiger partial charge in [-0.3, -0.25) is 9.59 Å². The van der Waals surface area contributed by atoms with Crippen LogP contribution in [0.1, 0.15) is 54.3 Å². The molecule has 31 heavy (non-hydrogen) atoms. The number of amides is 2. The number of rotatable bonds is 3. The van der Waals surface area contributed by atoms with Gasteiger partial charge in [0.15, 0.2) is 0 Å². The Morgan fingerprint density at radius 1 is 1.10 bits per heavy atom. The minimum Gasteiger partial charge on any atom is -0.491 e. The maximum absolute atomic E-state index is 13.5. The highest BCUT2D eigenvalue weighted by Crippen LogP contribution is 2.25. The number of carbonyl (C=O) groups excluding carboxylic acids is 2. The van der Waals surface area contributed by atoms with Crippen LogP contribution in [0, 0.1) is 5.92 Å². The smallest absolute Gasteiger partial charge is 0.257 e. The summed E-state index contributed by atoms with van der Waals surface area (Å²) in [5, 5.41) is 0.